The molecule has 326 valence electrons. The van der Waals surface area contributed by atoms with Crippen LogP contribution in [0.2, 0.25) is 0 Å². The van der Waals surface area contributed by atoms with Gasteiger partial charge in [0, 0.05) is 24.5 Å². The van der Waals surface area contributed by atoms with Crippen molar-refractivity contribution in [3.8, 4) is 17.2 Å². The zero-order valence-electron chi connectivity index (χ0n) is 35.1. The lowest BCUT2D eigenvalue weighted by atomic mass is 9.86. The first-order chi connectivity index (χ1) is 30.7. The number of rotatable bonds is 17. The number of nitrogens with zero attached hydrogens (tertiary/aromatic N) is 1. The first kappa shape index (κ1) is 43.0. The lowest BCUT2D eigenvalue weighted by Gasteiger charge is -2.43. The van der Waals surface area contributed by atoms with E-state index in [0.29, 0.717) is 46.9 Å². The maximum absolute atomic E-state index is 13.3. The molecule has 13 nitrogen and oxygen atoms in total. The average molecular weight is 853 g/mol. The van der Waals surface area contributed by atoms with Crippen LogP contribution in [0.4, 0.5) is 4.79 Å². The molecule has 3 saturated heterocycles. The molecule has 9 rings (SSSR count). The molecule has 63 heavy (non-hydrogen) atoms. The number of methoxy groups -OCH3 is 1. The zero-order valence-corrected chi connectivity index (χ0v) is 35.1. The minimum Gasteiger partial charge on any atom is -0.506 e. The lowest BCUT2D eigenvalue weighted by molar-refractivity contribution is -0.0336. The van der Waals surface area contributed by atoms with Crippen molar-refractivity contribution in [1.29, 1.82) is 0 Å². The Morgan fingerprint density at radius 2 is 1.63 bits per heavy atom. The topological polar surface area (TPSA) is 172 Å². The van der Waals surface area contributed by atoms with E-state index in [9.17, 15) is 24.6 Å². The third-order valence-electron chi connectivity index (χ3n) is 11.9. The van der Waals surface area contributed by atoms with Crippen LogP contribution in [0.25, 0.3) is 10.9 Å². The van der Waals surface area contributed by atoms with Gasteiger partial charge in [-0.1, -0.05) is 72.8 Å². The molecule has 3 atom stereocenters. The van der Waals surface area contributed by atoms with Crippen molar-refractivity contribution >= 4 is 23.0 Å². The molecule has 0 unspecified atom stereocenters. The van der Waals surface area contributed by atoms with Gasteiger partial charge in [-0.3, -0.25) is 9.69 Å². The summed E-state index contributed by atoms with van der Waals surface area (Å²) in [5, 5.41) is 28.0. The molecule has 0 aliphatic carbocycles. The van der Waals surface area contributed by atoms with E-state index in [0.717, 1.165) is 60.3 Å². The number of aromatic amines is 1. The molecule has 3 fully saturated rings. The molecule has 2 bridgehead atoms. The highest BCUT2D eigenvalue weighted by atomic mass is 16.6. The highest BCUT2D eigenvalue weighted by Gasteiger charge is 2.37. The molecule has 0 saturated carbocycles. The van der Waals surface area contributed by atoms with Crippen LogP contribution in [0, 0.1) is 5.92 Å². The normalized spacial score (nSPS) is 17.7. The predicted molar refractivity (Wildman–Crippen MR) is 238 cm³/mol. The second-order valence-corrected chi connectivity index (χ2v) is 16.1. The number of H-pyrrole nitrogens is 1. The minimum absolute atomic E-state index is 0.0588. The molecule has 4 heterocycles. The molecule has 6 aromatic rings. The fraction of sp³-hybridized carbons (Fsp3) is 0.300. The van der Waals surface area contributed by atoms with Gasteiger partial charge in [0.15, 0.2) is 0 Å². The Morgan fingerprint density at radius 1 is 0.857 bits per heavy atom. The summed E-state index contributed by atoms with van der Waals surface area (Å²) in [6, 6.07) is 35.9. The lowest BCUT2D eigenvalue weighted by Crippen LogP contribution is -2.52. The number of carbonyl (C=O) groups excluding carboxylic acids is 2. The van der Waals surface area contributed by atoms with Gasteiger partial charge < -0.3 is 44.8 Å². The molecular weight excluding hydrogens is 801 g/mol. The number of aliphatic hydroxyl groups excluding tert-OH is 1. The van der Waals surface area contributed by atoms with E-state index in [-0.39, 0.29) is 42.7 Å². The van der Waals surface area contributed by atoms with Crippen molar-refractivity contribution in [2.24, 2.45) is 5.92 Å². The molecule has 3 aliphatic heterocycles. The van der Waals surface area contributed by atoms with Crippen LogP contribution >= 0.6 is 0 Å². The van der Waals surface area contributed by atoms with Crippen molar-refractivity contribution in [1.82, 2.24) is 20.5 Å². The van der Waals surface area contributed by atoms with E-state index in [1.807, 2.05) is 84.9 Å². The van der Waals surface area contributed by atoms with E-state index in [2.05, 4.69) is 20.5 Å². The smallest absolute Gasteiger partial charge is 0.408 e. The van der Waals surface area contributed by atoms with Crippen LogP contribution < -0.4 is 25.7 Å². The van der Waals surface area contributed by atoms with Crippen LogP contribution in [0.1, 0.15) is 68.7 Å². The number of esters is 1. The first-order valence-electron chi connectivity index (χ1n) is 21.3. The minimum atomic E-state index is -0.868. The molecule has 0 spiro atoms. The number of carbonyl (C=O) groups is 2. The number of alkyl carbamates (subject to hydrolysis) is 1. The van der Waals surface area contributed by atoms with Gasteiger partial charge in [-0.15, -0.1) is 0 Å². The van der Waals surface area contributed by atoms with E-state index in [4.69, 9.17) is 18.9 Å². The third kappa shape index (κ3) is 10.7. The largest absolute Gasteiger partial charge is 0.506 e. The van der Waals surface area contributed by atoms with Gasteiger partial charge in [-0.2, -0.15) is 0 Å². The summed E-state index contributed by atoms with van der Waals surface area (Å²) in [7, 11) is 1.59. The molecule has 5 N–H and O–H groups in total. The standard InChI is InChI=1S/C50H52N4O9/c1-60-44-26-33(12-13-34(44)20-23-51-28-43(56)40-16-18-42(55)48-41(40)17-19-46(57)52-48)31-62-49(58)37-14-10-32(11-15-37)30-61-39-9-5-8-38(27-39)47(36-6-3-2-4-7-36)53-50(59)63-45-29-54-24-21-35(45)22-25-54/h2-19,26-27,35,43,45,47,51,55-56H,20-25,28-31H2,1H3,(H,52,57)(H,53,59)/t43-,45-,47-/m0/s1. The number of pyridine rings is 1. The van der Waals surface area contributed by atoms with Crippen molar-refractivity contribution in [2.45, 2.75) is 50.7 Å². The van der Waals surface area contributed by atoms with Gasteiger partial charge >= 0.3 is 12.1 Å². The second kappa shape index (κ2) is 20.0. The summed E-state index contributed by atoms with van der Waals surface area (Å²) in [6.45, 7) is 4.06. The number of aliphatic hydroxyl groups is 1. The molecule has 0 radical (unpaired) electrons. The average Bonchev–Trinajstić information content (AvgIpc) is 3.32. The number of hydrogen-bond acceptors (Lipinski definition) is 11. The van der Waals surface area contributed by atoms with Crippen LogP contribution in [0.5, 0.6) is 17.2 Å². The molecule has 13 heteroatoms. The predicted octanol–water partition coefficient (Wildman–Crippen LogP) is 6.95. The Kier molecular flexibility index (Phi) is 13.7. The number of aromatic hydroxyl groups is 1. The van der Waals surface area contributed by atoms with Gasteiger partial charge in [-0.05, 0) is 121 Å². The Hall–Kier alpha value is -6.67. The summed E-state index contributed by atoms with van der Waals surface area (Å²) < 4.78 is 23.5. The van der Waals surface area contributed by atoms with Gasteiger partial charge in [0.25, 0.3) is 0 Å². The van der Waals surface area contributed by atoms with Crippen LogP contribution in [-0.4, -0.2) is 78.1 Å². The van der Waals surface area contributed by atoms with Gasteiger partial charge in [-0.25, -0.2) is 9.59 Å². The Balaban J connectivity index is 0.807. The Morgan fingerprint density at radius 3 is 2.40 bits per heavy atom. The molecular formula is C50H52N4O9. The van der Waals surface area contributed by atoms with E-state index >= 15 is 0 Å². The zero-order chi connectivity index (χ0) is 43.7. The summed E-state index contributed by atoms with van der Waals surface area (Å²) in [6.07, 6.45) is 1.35. The maximum Gasteiger partial charge on any atom is 0.408 e. The number of aromatic nitrogens is 1. The number of fused-ring (bicyclic) bond motifs is 4. The fourth-order valence-corrected chi connectivity index (χ4v) is 8.46. The third-order valence-corrected chi connectivity index (χ3v) is 11.9. The van der Waals surface area contributed by atoms with Crippen LogP contribution in [0.3, 0.4) is 0 Å². The first-order valence-corrected chi connectivity index (χ1v) is 21.3. The molecule has 1 amide bonds. The van der Waals surface area contributed by atoms with Gasteiger partial charge in [0.05, 0.1) is 30.3 Å². The monoisotopic (exact) mass is 852 g/mol. The molecule has 1 aromatic heterocycles. The SMILES string of the molecule is COc1cc(COC(=O)c2ccc(COc3cccc([C@@H](NC(=O)O[C@H]4CN5CCC4CC5)c4ccccc4)c3)cc2)ccc1CCNC[C@H](O)c1ccc(O)c2[nH]c(=O)ccc12. The quantitative estimate of drug-likeness (QED) is 0.0475. The molecule has 3 aliphatic rings. The number of benzene rings is 5. The highest BCUT2D eigenvalue weighted by Crippen LogP contribution is 2.32. The van der Waals surface area contributed by atoms with Crippen molar-refractivity contribution in [2.75, 3.05) is 39.8 Å². The second-order valence-electron chi connectivity index (χ2n) is 16.1. The fourth-order valence-electron chi connectivity index (χ4n) is 8.46. The van der Waals surface area contributed by atoms with Crippen LogP contribution in [-0.2, 0) is 29.1 Å². The highest BCUT2D eigenvalue weighted by molar-refractivity contribution is 5.89. The summed E-state index contributed by atoms with van der Waals surface area (Å²) in [5.41, 5.74) is 5.33. The number of phenols is 1. The Labute approximate surface area is 365 Å². The summed E-state index contributed by atoms with van der Waals surface area (Å²) in [4.78, 5) is 43.0. The van der Waals surface area contributed by atoms with E-state index in [1.54, 1.807) is 31.4 Å². The van der Waals surface area contributed by atoms with E-state index < -0.39 is 24.2 Å². The number of hydrogen-bond donors (Lipinski definition) is 5. The number of phenolic OH excluding ortho intramolecular Hbond substituents is 1. The van der Waals surface area contributed by atoms with Crippen molar-refractivity contribution < 1.29 is 38.7 Å². The van der Waals surface area contributed by atoms with E-state index in [1.165, 1.54) is 12.1 Å². The van der Waals surface area contributed by atoms with Crippen molar-refractivity contribution in [3.05, 3.63) is 171 Å². The number of ether oxygens (including phenoxy) is 4. The molecule has 5 aromatic carbocycles. The van der Waals surface area contributed by atoms with Gasteiger partial charge in [0.1, 0.15) is 36.6 Å². The maximum atomic E-state index is 13.3. The summed E-state index contributed by atoms with van der Waals surface area (Å²) in [5.74, 6) is 1.19. The number of amides is 1. The van der Waals surface area contributed by atoms with Crippen molar-refractivity contribution in [3.63, 3.8) is 0 Å². The number of nitrogens with one attached hydrogen (secondary N) is 3. The summed E-state index contributed by atoms with van der Waals surface area (Å²) >= 11 is 0. The Bertz CT molecular complexity index is 2570. The number of piperidine rings is 3. The van der Waals surface area contributed by atoms with Crippen LogP contribution in [0.15, 0.2) is 126 Å². The van der Waals surface area contributed by atoms with Gasteiger partial charge in [0.2, 0.25) is 5.56 Å².